The van der Waals surface area contributed by atoms with Crippen LogP contribution >= 0.6 is 11.6 Å². The van der Waals surface area contributed by atoms with Crippen molar-refractivity contribution in [2.24, 2.45) is 7.05 Å². The Kier molecular flexibility index (Phi) is 4.96. The summed E-state index contributed by atoms with van der Waals surface area (Å²) >= 11 is 5.90. The number of aromatic nitrogens is 1. The number of nitrogens with zero attached hydrogens (tertiary/aromatic N) is 1. The lowest BCUT2D eigenvalue weighted by Gasteiger charge is -2.11. The van der Waals surface area contributed by atoms with Crippen LogP contribution in [-0.2, 0) is 17.1 Å². The molecule has 0 fully saturated rings. The van der Waals surface area contributed by atoms with Crippen LogP contribution in [0.4, 0.5) is 23.2 Å². The zero-order valence-electron chi connectivity index (χ0n) is 13.5. The van der Waals surface area contributed by atoms with Crippen molar-refractivity contribution in [1.29, 1.82) is 0 Å². The first-order valence-electron chi connectivity index (χ1n) is 7.30. The maximum atomic E-state index is 14.1. The van der Waals surface area contributed by atoms with Crippen molar-refractivity contribution in [3.05, 3.63) is 53.2 Å². The van der Waals surface area contributed by atoms with Crippen LogP contribution in [0.5, 0.6) is 5.75 Å². The average Bonchev–Trinajstić information content (AvgIpc) is 2.89. The quantitative estimate of drug-likeness (QED) is 0.615. The molecule has 3 rings (SSSR count). The fraction of sp³-hybridized carbons (Fsp3) is 0.125. The second kappa shape index (κ2) is 6.93. The van der Waals surface area contributed by atoms with Gasteiger partial charge in [0.1, 0.15) is 4.90 Å². The molecule has 0 saturated heterocycles. The van der Waals surface area contributed by atoms with Crippen LogP contribution in [0, 0.1) is 11.6 Å². The minimum absolute atomic E-state index is 0.190. The van der Waals surface area contributed by atoms with Crippen LogP contribution in [0.15, 0.2) is 41.4 Å². The SMILES string of the molecule is Cn1cc(S(=O)(=O)Nc2cc(F)c(OC(F)F)cc2F)c2ccc(Cl)cc21. The van der Waals surface area contributed by atoms with Crippen molar-refractivity contribution in [1.82, 2.24) is 4.57 Å². The molecule has 0 saturated carbocycles. The number of halogens is 5. The highest BCUT2D eigenvalue weighted by Crippen LogP contribution is 2.31. The third-order valence-electron chi connectivity index (χ3n) is 3.69. The summed E-state index contributed by atoms with van der Waals surface area (Å²) in [6.07, 6.45) is 1.28. The summed E-state index contributed by atoms with van der Waals surface area (Å²) in [6.45, 7) is -3.36. The van der Waals surface area contributed by atoms with Crippen LogP contribution in [0.2, 0.25) is 5.02 Å². The monoisotopic (exact) mass is 422 g/mol. The van der Waals surface area contributed by atoms with Crippen molar-refractivity contribution < 1.29 is 30.7 Å². The Hall–Kier alpha value is -2.46. The number of hydrogen-bond acceptors (Lipinski definition) is 3. The van der Waals surface area contributed by atoms with Crippen LogP contribution in [0.25, 0.3) is 10.9 Å². The van der Waals surface area contributed by atoms with E-state index in [-0.39, 0.29) is 4.90 Å². The zero-order valence-corrected chi connectivity index (χ0v) is 15.1. The van der Waals surface area contributed by atoms with Crippen molar-refractivity contribution in [3.8, 4) is 5.75 Å². The Labute approximate surface area is 156 Å². The molecule has 1 N–H and O–H groups in total. The predicted octanol–water partition coefficient (Wildman–Crippen LogP) is 4.51. The number of fused-ring (bicyclic) bond motifs is 1. The maximum absolute atomic E-state index is 14.1. The van der Waals surface area contributed by atoms with Gasteiger partial charge in [0.15, 0.2) is 17.4 Å². The molecule has 144 valence electrons. The first-order chi connectivity index (χ1) is 12.6. The Morgan fingerprint density at radius 1 is 1.15 bits per heavy atom. The summed E-state index contributed by atoms with van der Waals surface area (Å²) in [5.41, 5.74) is -0.240. The highest BCUT2D eigenvalue weighted by molar-refractivity contribution is 7.93. The molecule has 1 aromatic heterocycles. The molecule has 0 aliphatic rings. The van der Waals surface area contributed by atoms with E-state index in [1.165, 1.54) is 22.9 Å². The number of alkyl halides is 2. The largest absolute Gasteiger partial charge is 0.432 e. The molecule has 27 heavy (non-hydrogen) atoms. The summed E-state index contributed by atoms with van der Waals surface area (Å²) in [5, 5.41) is 0.705. The molecule has 5 nitrogen and oxygen atoms in total. The lowest BCUT2D eigenvalue weighted by Crippen LogP contribution is -2.14. The van der Waals surface area contributed by atoms with Crippen molar-refractivity contribution in [2.75, 3.05) is 4.72 Å². The smallest absolute Gasteiger partial charge is 0.387 e. The highest BCUT2D eigenvalue weighted by Gasteiger charge is 2.23. The van der Waals surface area contributed by atoms with Gasteiger partial charge in [0, 0.05) is 35.8 Å². The van der Waals surface area contributed by atoms with Gasteiger partial charge in [-0.2, -0.15) is 8.78 Å². The molecule has 0 atom stereocenters. The summed E-state index contributed by atoms with van der Waals surface area (Å²) < 4.78 is 84.7. The summed E-state index contributed by atoms with van der Waals surface area (Å²) in [4.78, 5) is -0.190. The number of aryl methyl sites for hydroxylation is 1. The summed E-state index contributed by atoms with van der Waals surface area (Å²) in [7, 11) is -2.72. The summed E-state index contributed by atoms with van der Waals surface area (Å²) in [5.74, 6) is -3.66. The molecule has 11 heteroatoms. The fourth-order valence-corrected chi connectivity index (χ4v) is 4.01. The van der Waals surface area contributed by atoms with Gasteiger partial charge in [-0.3, -0.25) is 4.72 Å². The minimum Gasteiger partial charge on any atom is -0.432 e. The highest BCUT2D eigenvalue weighted by atomic mass is 35.5. The van der Waals surface area contributed by atoms with Crippen LogP contribution in [-0.4, -0.2) is 19.6 Å². The van der Waals surface area contributed by atoms with E-state index in [0.717, 1.165) is 0 Å². The second-order valence-corrected chi connectivity index (χ2v) is 7.60. The van der Waals surface area contributed by atoms with Gasteiger partial charge in [0.2, 0.25) is 0 Å². The van der Waals surface area contributed by atoms with Gasteiger partial charge in [-0.15, -0.1) is 0 Å². The number of ether oxygens (including phenoxy) is 1. The zero-order chi connectivity index (χ0) is 19.9. The molecule has 0 aliphatic carbocycles. The molecular weight excluding hydrogens is 412 g/mol. The average molecular weight is 423 g/mol. The molecule has 0 spiro atoms. The van der Waals surface area contributed by atoms with Crippen molar-refractivity contribution in [2.45, 2.75) is 11.5 Å². The molecule has 0 unspecified atom stereocenters. The first kappa shape index (κ1) is 19.3. The van der Waals surface area contributed by atoms with Gasteiger partial charge in [0.05, 0.1) is 11.2 Å². The third-order valence-corrected chi connectivity index (χ3v) is 5.32. The number of sulfonamides is 1. The van der Waals surface area contributed by atoms with Gasteiger partial charge < -0.3 is 9.30 Å². The molecule has 0 amide bonds. The maximum Gasteiger partial charge on any atom is 0.387 e. The predicted molar refractivity (Wildman–Crippen MR) is 91.7 cm³/mol. The lowest BCUT2D eigenvalue weighted by atomic mass is 10.2. The second-order valence-electron chi connectivity index (χ2n) is 5.51. The molecular formula is C16H11ClF4N2O3S. The molecule has 0 bridgehead atoms. The molecule has 3 aromatic rings. The van der Waals surface area contributed by atoms with E-state index >= 15 is 0 Å². The van der Waals surface area contributed by atoms with Crippen molar-refractivity contribution in [3.63, 3.8) is 0 Å². The molecule has 0 aliphatic heterocycles. The number of rotatable bonds is 5. The standard InChI is InChI=1S/C16H11ClF4N2O3S/c1-23-7-15(9-3-2-8(17)4-13(9)23)27(24,25)22-12-5-11(19)14(6-10(12)18)26-16(20)21/h2-7,16,22H,1H3. The van der Waals surface area contributed by atoms with Crippen molar-refractivity contribution >= 4 is 38.2 Å². The van der Waals surface area contributed by atoms with E-state index < -0.39 is 39.7 Å². The van der Waals surface area contributed by atoms with Gasteiger partial charge in [-0.05, 0) is 18.2 Å². The Bertz CT molecular complexity index is 1130. The van der Waals surface area contributed by atoms with Gasteiger partial charge >= 0.3 is 6.61 Å². The molecule has 2 aromatic carbocycles. The molecule has 1 heterocycles. The lowest BCUT2D eigenvalue weighted by molar-refractivity contribution is -0.0523. The van der Waals surface area contributed by atoms with E-state index in [1.54, 1.807) is 13.1 Å². The number of hydrogen-bond donors (Lipinski definition) is 1. The van der Waals surface area contributed by atoms with E-state index in [0.29, 0.717) is 28.1 Å². The Morgan fingerprint density at radius 2 is 1.85 bits per heavy atom. The normalized spacial score (nSPS) is 12.0. The van der Waals surface area contributed by atoms with Crippen LogP contribution in [0.1, 0.15) is 0 Å². The number of anilines is 1. The number of nitrogens with one attached hydrogen (secondary N) is 1. The summed E-state index contributed by atoms with van der Waals surface area (Å²) in [6, 6.07) is 5.27. The Balaban J connectivity index is 2.02. The van der Waals surface area contributed by atoms with Crippen LogP contribution < -0.4 is 9.46 Å². The molecule has 0 radical (unpaired) electrons. The van der Waals surface area contributed by atoms with Gasteiger partial charge in [0.25, 0.3) is 10.0 Å². The number of benzene rings is 2. The topological polar surface area (TPSA) is 60.3 Å². The first-order valence-corrected chi connectivity index (χ1v) is 9.16. The van der Waals surface area contributed by atoms with Crippen LogP contribution in [0.3, 0.4) is 0 Å². The minimum atomic E-state index is -4.32. The van der Waals surface area contributed by atoms with E-state index in [9.17, 15) is 26.0 Å². The van der Waals surface area contributed by atoms with E-state index in [4.69, 9.17) is 11.6 Å². The fourth-order valence-electron chi connectivity index (χ4n) is 2.53. The Morgan fingerprint density at radius 3 is 2.52 bits per heavy atom. The third kappa shape index (κ3) is 3.81. The van der Waals surface area contributed by atoms with Gasteiger partial charge in [-0.25, -0.2) is 17.2 Å². The van der Waals surface area contributed by atoms with E-state index in [2.05, 4.69) is 4.74 Å². The van der Waals surface area contributed by atoms with Gasteiger partial charge in [-0.1, -0.05) is 11.6 Å². The van der Waals surface area contributed by atoms with E-state index in [1.807, 2.05) is 4.72 Å².